The summed E-state index contributed by atoms with van der Waals surface area (Å²) < 4.78 is 10.7. The van der Waals surface area contributed by atoms with Gasteiger partial charge in [-0.2, -0.15) is 0 Å². The van der Waals surface area contributed by atoms with Gasteiger partial charge in [-0.05, 0) is 94.3 Å². The second kappa shape index (κ2) is 15.9. The predicted octanol–water partition coefficient (Wildman–Crippen LogP) is -1.00. The molecule has 252 valence electrons. The van der Waals surface area contributed by atoms with Crippen molar-refractivity contribution < 1.29 is 39.5 Å². The average Bonchev–Trinajstić information content (AvgIpc) is 3.54. The van der Waals surface area contributed by atoms with Crippen molar-refractivity contribution in [3.8, 4) is 17.2 Å². The number of aromatic hydroxyl groups is 1. The van der Waals surface area contributed by atoms with Crippen LogP contribution in [0.1, 0.15) is 63.4 Å². The lowest BCUT2D eigenvalue weighted by Crippen LogP contribution is -2.69. The zero-order valence-electron chi connectivity index (χ0n) is 25.8. The van der Waals surface area contributed by atoms with Crippen molar-refractivity contribution in [2.75, 3.05) is 46.1 Å². The van der Waals surface area contributed by atoms with Crippen molar-refractivity contribution in [3.63, 3.8) is 0 Å². The van der Waals surface area contributed by atoms with Gasteiger partial charge in [0.2, 0.25) is 12.5 Å². The third-order valence-corrected chi connectivity index (χ3v) is 8.83. The van der Waals surface area contributed by atoms with Crippen LogP contribution in [0.4, 0.5) is 0 Å². The molecule has 1 saturated carbocycles. The number of phenolic OH excluding ortho intramolecular Hbond substituents is 1. The number of nitrogens with one attached hydrogen (secondary N) is 5. The summed E-state index contributed by atoms with van der Waals surface area (Å²) in [5.74, 6) is -2.30. The van der Waals surface area contributed by atoms with Gasteiger partial charge in [-0.25, -0.2) is 0 Å². The van der Waals surface area contributed by atoms with E-state index < -0.39 is 53.9 Å². The molecule has 3 aliphatic rings. The molecule has 14 heteroatoms. The highest BCUT2D eigenvalue weighted by molar-refractivity contribution is 6.02. The lowest BCUT2D eigenvalue weighted by molar-refractivity contribution is -0.117. The molecule has 0 saturated heterocycles. The fourth-order valence-corrected chi connectivity index (χ4v) is 6.34. The molecule has 2 aromatic rings. The third kappa shape index (κ3) is 7.55. The van der Waals surface area contributed by atoms with Gasteiger partial charge in [-0.1, -0.05) is 12.1 Å². The summed E-state index contributed by atoms with van der Waals surface area (Å²) in [4.78, 5) is 26.3. The molecule has 5 rings (SSSR count). The van der Waals surface area contributed by atoms with Gasteiger partial charge >= 0.3 is 0 Å². The molecule has 1 unspecified atom stereocenters. The summed E-state index contributed by atoms with van der Waals surface area (Å²) in [5, 5.41) is 58.9. The molecule has 6 atom stereocenters. The number of aliphatic hydroxyl groups excluding tert-OH is 3. The number of amides is 2. The summed E-state index contributed by atoms with van der Waals surface area (Å²) in [7, 11) is 0. The molecule has 2 heterocycles. The highest BCUT2D eigenvalue weighted by Gasteiger charge is 2.54. The first-order chi connectivity index (χ1) is 22.3. The lowest BCUT2D eigenvalue weighted by Gasteiger charge is -2.49. The molecule has 0 bridgehead atoms. The van der Waals surface area contributed by atoms with E-state index in [0.29, 0.717) is 12.1 Å². The van der Waals surface area contributed by atoms with Crippen molar-refractivity contribution in [2.24, 2.45) is 5.73 Å². The number of benzene rings is 2. The number of aliphatic hydroxyl groups is 3. The van der Waals surface area contributed by atoms with Crippen LogP contribution in [0.25, 0.3) is 0 Å². The predicted molar refractivity (Wildman–Crippen MR) is 169 cm³/mol. The van der Waals surface area contributed by atoms with E-state index in [9.17, 15) is 30.0 Å². The van der Waals surface area contributed by atoms with Gasteiger partial charge in [0.05, 0.1) is 17.6 Å². The van der Waals surface area contributed by atoms with Crippen LogP contribution < -0.4 is 41.8 Å². The molecule has 2 aromatic carbocycles. The van der Waals surface area contributed by atoms with Crippen LogP contribution in [-0.2, 0) is 6.54 Å². The van der Waals surface area contributed by atoms with Crippen molar-refractivity contribution >= 4 is 11.8 Å². The molecule has 0 spiro atoms. The molecule has 2 amide bonds. The first-order valence-corrected chi connectivity index (χ1v) is 16.0. The number of hydrogen-bond acceptors (Lipinski definition) is 12. The third-order valence-electron chi connectivity index (χ3n) is 8.83. The second-order valence-corrected chi connectivity index (χ2v) is 12.0. The van der Waals surface area contributed by atoms with E-state index >= 15 is 0 Å². The minimum atomic E-state index is -1.64. The summed E-state index contributed by atoms with van der Waals surface area (Å²) in [6.07, 6.45) is -0.473. The van der Waals surface area contributed by atoms with E-state index in [2.05, 4.69) is 26.6 Å². The van der Waals surface area contributed by atoms with Crippen LogP contribution >= 0.6 is 0 Å². The van der Waals surface area contributed by atoms with Gasteiger partial charge in [0.15, 0.2) is 11.5 Å². The number of ether oxygens (including phenoxy) is 2. The second-order valence-electron chi connectivity index (χ2n) is 12.0. The highest BCUT2D eigenvalue weighted by Crippen LogP contribution is 2.50. The van der Waals surface area contributed by atoms with Crippen molar-refractivity contribution in [1.82, 2.24) is 26.6 Å². The molecule has 2 aliphatic heterocycles. The van der Waals surface area contributed by atoms with E-state index in [1.807, 2.05) is 12.1 Å². The van der Waals surface area contributed by atoms with E-state index in [4.69, 9.17) is 15.2 Å². The highest BCUT2D eigenvalue weighted by atomic mass is 16.7. The zero-order valence-corrected chi connectivity index (χ0v) is 25.8. The summed E-state index contributed by atoms with van der Waals surface area (Å²) in [6, 6.07) is 6.37. The zero-order chi connectivity index (χ0) is 32.6. The molecule has 1 fully saturated rings. The molecule has 11 N–H and O–H groups in total. The molecular formula is C32H46N6O8. The van der Waals surface area contributed by atoms with Gasteiger partial charge in [0.1, 0.15) is 18.3 Å². The number of phenols is 1. The monoisotopic (exact) mass is 642 g/mol. The van der Waals surface area contributed by atoms with Crippen molar-refractivity contribution in [1.29, 1.82) is 0 Å². The Bertz CT molecular complexity index is 1340. The van der Waals surface area contributed by atoms with Crippen molar-refractivity contribution in [2.45, 2.75) is 68.5 Å². The van der Waals surface area contributed by atoms with Crippen LogP contribution in [0.3, 0.4) is 0 Å². The molecule has 1 aliphatic carbocycles. The Labute approximate surface area is 268 Å². The van der Waals surface area contributed by atoms with Gasteiger partial charge in [0.25, 0.3) is 11.8 Å². The average molecular weight is 643 g/mol. The molecule has 0 aromatic heterocycles. The van der Waals surface area contributed by atoms with Gasteiger partial charge in [-0.15, -0.1) is 0 Å². The van der Waals surface area contributed by atoms with Crippen LogP contribution in [-0.4, -0.2) is 109 Å². The Morgan fingerprint density at radius 1 is 0.891 bits per heavy atom. The first kappa shape index (κ1) is 33.9. The Kier molecular flexibility index (Phi) is 11.7. The number of fused-ring (bicyclic) bond motifs is 4. The quantitative estimate of drug-likeness (QED) is 0.0997. The minimum Gasteiger partial charge on any atom is -0.504 e. The number of carbonyl (C=O) groups excluding carboxylic acids is 2. The Morgan fingerprint density at radius 3 is 2.28 bits per heavy atom. The minimum absolute atomic E-state index is 0.0184. The van der Waals surface area contributed by atoms with Gasteiger partial charge in [-0.3, -0.25) is 9.59 Å². The van der Waals surface area contributed by atoms with Crippen LogP contribution in [0, 0.1) is 0 Å². The lowest BCUT2D eigenvalue weighted by atomic mass is 9.68. The smallest absolute Gasteiger partial charge is 0.255 e. The number of unbranched alkanes of at least 4 members (excludes halogenated alkanes) is 1. The Morgan fingerprint density at radius 2 is 1.57 bits per heavy atom. The summed E-state index contributed by atoms with van der Waals surface area (Å²) in [5.41, 5.74) is 6.97. The topological polar surface area (TPSA) is 220 Å². The van der Waals surface area contributed by atoms with Gasteiger partial charge < -0.3 is 62.2 Å². The number of rotatable bonds is 16. The molecular weight excluding hydrogens is 596 g/mol. The number of nitrogens with two attached hydrogens (primary N) is 1. The Hall–Kier alpha value is -3.50. The first-order valence-electron chi connectivity index (χ1n) is 16.0. The molecule has 0 radical (unpaired) electrons. The summed E-state index contributed by atoms with van der Waals surface area (Å²) in [6.45, 7) is 5.99. The SMILES string of the molecule is NCCCNCCCCNCCCNCc1ccc(C(=O)NC2[C@H](O)[C@@H](O)[C@@H](O)[C@@H]3NC(=O)c4c(cc5c(c4O)OCO5)[C@@H]23)cc1. The maximum Gasteiger partial charge on any atom is 0.255 e. The van der Waals surface area contributed by atoms with Crippen molar-refractivity contribution in [3.05, 3.63) is 52.6 Å². The largest absolute Gasteiger partial charge is 0.504 e. The number of hydrogen-bond donors (Lipinski definition) is 10. The van der Waals surface area contributed by atoms with Crippen LogP contribution in [0.15, 0.2) is 30.3 Å². The summed E-state index contributed by atoms with van der Waals surface area (Å²) >= 11 is 0. The molecule has 46 heavy (non-hydrogen) atoms. The van der Waals surface area contributed by atoms with Gasteiger partial charge in [0, 0.05) is 18.0 Å². The number of carbonyl (C=O) groups is 2. The van der Waals surface area contributed by atoms with Crippen LogP contribution in [0.2, 0.25) is 0 Å². The normalized spacial score (nSPS) is 24.7. The van der Waals surface area contributed by atoms with E-state index in [1.54, 1.807) is 12.1 Å². The maximum absolute atomic E-state index is 13.4. The Balaban J connectivity index is 1.13. The van der Waals surface area contributed by atoms with E-state index in [-0.39, 0.29) is 29.4 Å². The van der Waals surface area contributed by atoms with E-state index in [0.717, 1.165) is 70.5 Å². The fourth-order valence-electron chi connectivity index (χ4n) is 6.34. The maximum atomic E-state index is 13.4. The standard InChI is InChI=1S/C32H46N6O8/c33-9-3-12-34-10-1-2-11-35-13-4-14-36-16-18-5-7-19(8-6-18)31(43)37-24-22-20-15-21-30(46-17-45-21)26(39)23(20)32(44)38-25(22)28(41)29(42)27(24)40/h5-8,15,22,24-25,27-29,34-36,39-42H,1-4,9-14,16-17,33H2,(H,37,43)(H,38,44)/t22-,24?,25+,27-,28-,29+/m0/s1. The van der Waals surface area contributed by atoms with Crippen LogP contribution in [0.5, 0.6) is 17.2 Å². The van der Waals surface area contributed by atoms with E-state index in [1.165, 1.54) is 6.07 Å². The molecule has 14 nitrogen and oxygen atoms in total. The fraction of sp³-hybridized carbons (Fsp3) is 0.562.